The fraction of sp³-hybridized carbons (Fsp3) is 0.500. The van der Waals surface area contributed by atoms with Gasteiger partial charge >= 0.3 is 0 Å². The molecule has 3 nitrogen and oxygen atoms in total. The third-order valence-corrected chi connectivity index (χ3v) is 3.62. The molecular formula is C12H17F2NO2S. The van der Waals surface area contributed by atoms with E-state index >= 15 is 0 Å². The van der Waals surface area contributed by atoms with E-state index in [1.165, 1.54) is 12.1 Å². The molecule has 18 heavy (non-hydrogen) atoms. The van der Waals surface area contributed by atoms with E-state index in [0.717, 1.165) is 12.3 Å². The van der Waals surface area contributed by atoms with Crippen LogP contribution in [0.4, 0.5) is 8.78 Å². The van der Waals surface area contributed by atoms with Crippen molar-refractivity contribution in [3.63, 3.8) is 0 Å². The lowest BCUT2D eigenvalue weighted by atomic mass is 10.0. The summed E-state index contributed by atoms with van der Waals surface area (Å²) in [6.45, 7) is 0. The van der Waals surface area contributed by atoms with Crippen molar-refractivity contribution in [3.05, 3.63) is 35.4 Å². The summed E-state index contributed by atoms with van der Waals surface area (Å²) in [5.74, 6) is -1.16. The zero-order chi connectivity index (χ0) is 13.8. The van der Waals surface area contributed by atoms with Gasteiger partial charge in [0.25, 0.3) is 0 Å². The van der Waals surface area contributed by atoms with E-state index in [9.17, 15) is 17.2 Å². The van der Waals surface area contributed by atoms with Crippen LogP contribution in [0.25, 0.3) is 0 Å². The van der Waals surface area contributed by atoms with Gasteiger partial charge in [0.1, 0.15) is 21.5 Å². The van der Waals surface area contributed by atoms with Crippen molar-refractivity contribution < 1.29 is 17.2 Å². The molecule has 1 aromatic rings. The van der Waals surface area contributed by atoms with Crippen LogP contribution in [0.2, 0.25) is 0 Å². The number of benzene rings is 1. The predicted octanol–water partition coefficient (Wildman–Crippen LogP) is 1.66. The Bertz CT molecular complexity index is 503. The van der Waals surface area contributed by atoms with Crippen molar-refractivity contribution in [2.24, 2.45) is 5.73 Å². The van der Waals surface area contributed by atoms with Gasteiger partial charge in [-0.05, 0) is 30.9 Å². The van der Waals surface area contributed by atoms with Gasteiger partial charge < -0.3 is 5.73 Å². The summed E-state index contributed by atoms with van der Waals surface area (Å²) in [5.41, 5.74) is 6.14. The minimum Gasteiger partial charge on any atom is -0.327 e. The van der Waals surface area contributed by atoms with Gasteiger partial charge in [-0.1, -0.05) is 6.07 Å². The highest BCUT2D eigenvalue weighted by atomic mass is 32.2. The number of hydrogen-bond donors (Lipinski definition) is 1. The predicted molar refractivity (Wildman–Crippen MR) is 67.0 cm³/mol. The maximum absolute atomic E-state index is 13.3. The van der Waals surface area contributed by atoms with Gasteiger partial charge in [-0.2, -0.15) is 0 Å². The summed E-state index contributed by atoms with van der Waals surface area (Å²) in [4.78, 5) is 0. The number of nitrogens with two attached hydrogens (primary N) is 1. The van der Waals surface area contributed by atoms with E-state index < -0.39 is 21.5 Å². The van der Waals surface area contributed by atoms with E-state index in [1.807, 2.05) is 0 Å². The van der Waals surface area contributed by atoms with Crippen LogP contribution in [-0.2, 0) is 16.3 Å². The molecule has 0 spiro atoms. The third kappa shape index (κ3) is 5.55. The Morgan fingerprint density at radius 2 is 2.00 bits per heavy atom. The molecule has 0 saturated heterocycles. The summed E-state index contributed by atoms with van der Waals surface area (Å²) < 4.78 is 47.9. The summed E-state index contributed by atoms with van der Waals surface area (Å²) >= 11 is 0. The van der Waals surface area contributed by atoms with Crippen LogP contribution in [0.5, 0.6) is 0 Å². The van der Waals surface area contributed by atoms with Gasteiger partial charge in [-0.25, -0.2) is 17.2 Å². The second-order valence-corrected chi connectivity index (χ2v) is 6.73. The Kier molecular flexibility index (Phi) is 5.22. The first-order chi connectivity index (χ1) is 8.28. The van der Waals surface area contributed by atoms with Crippen molar-refractivity contribution in [1.82, 2.24) is 0 Å². The van der Waals surface area contributed by atoms with Crippen LogP contribution in [0.3, 0.4) is 0 Å². The molecule has 0 aliphatic rings. The normalized spacial score (nSPS) is 13.6. The minimum atomic E-state index is -2.99. The molecule has 1 unspecified atom stereocenters. The van der Waals surface area contributed by atoms with Gasteiger partial charge in [-0.3, -0.25) is 0 Å². The molecule has 0 amide bonds. The first kappa shape index (κ1) is 15.0. The van der Waals surface area contributed by atoms with Crippen LogP contribution in [-0.4, -0.2) is 26.5 Å². The highest BCUT2D eigenvalue weighted by Crippen LogP contribution is 2.13. The number of halogens is 2. The van der Waals surface area contributed by atoms with Crippen LogP contribution < -0.4 is 5.73 Å². The zero-order valence-corrected chi connectivity index (χ0v) is 11.0. The number of sulfone groups is 1. The number of hydrogen-bond acceptors (Lipinski definition) is 3. The third-order valence-electron chi connectivity index (χ3n) is 2.59. The van der Waals surface area contributed by atoms with Crippen molar-refractivity contribution in [3.8, 4) is 0 Å². The topological polar surface area (TPSA) is 60.2 Å². The van der Waals surface area contributed by atoms with E-state index in [1.54, 1.807) is 0 Å². The lowest BCUT2D eigenvalue weighted by Gasteiger charge is -2.11. The van der Waals surface area contributed by atoms with Gasteiger partial charge in [0.2, 0.25) is 0 Å². The highest BCUT2D eigenvalue weighted by molar-refractivity contribution is 7.90. The quantitative estimate of drug-likeness (QED) is 0.860. The summed E-state index contributed by atoms with van der Waals surface area (Å²) in [6.07, 6.45) is 2.38. The maximum atomic E-state index is 13.3. The van der Waals surface area contributed by atoms with Crippen LogP contribution in [0, 0.1) is 11.6 Å². The molecule has 0 aromatic heterocycles. The van der Waals surface area contributed by atoms with Crippen molar-refractivity contribution in [1.29, 1.82) is 0 Å². The Hall–Kier alpha value is -1.01. The number of rotatable bonds is 6. The van der Waals surface area contributed by atoms with Crippen molar-refractivity contribution in [2.75, 3.05) is 12.0 Å². The summed E-state index contributed by atoms with van der Waals surface area (Å²) in [6, 6.07) is 3.04. The Morgan fingerprint density at radius 1 is 1.33 bits per heavy atom. The summed E-state index contributed by atoms with van der Waals surface area (Å²) in [5, 5.41) is 0. The first-order valence-corrected chi connectivity index (χ1v) is 7.71. The standard InChI is InChI=1S/C12H17F2NO2S/c1-18(16,17)6-2-3-11(15)7-9-4-5-10(13)8-12(9)14/h4-5,8,11H,2-3,6-7,15H2,1H3. The fourth-order valence-corrected chi connectivity index (χ4v) is 2.37. The monoisotopic (exact) mass is 277 g/mol. The molecule has 0 aliphatic heterocycles. The van der Waals surface area contributed by atoms with Crippen molar-refractivity contribution in [2.45, 2.75) is 25.3 Å². The SMILES string of the molecule is CS(=O)(=O)CCCC(N)Cc1ccc(F)cc1F. The van der Waals surface area contributed by atoms with Gasteiger partial charge in [-0.15, -0.1) is 0 Å². The average Bonchev–Trinajstić information content (AvgIpc) is 2.20. The molecule has 0 bridgehead atoms. The Balaban J connectivity index is 2.47. The molecule has 1 rings (SSSR count). The van der Waals surface area contributed by atoms with E-state index in [0.29, 0.717) is 18.4 Å². The molecule has 0 aliphatic carbocycles. The molecule has 6 heteroatoms. The van der Waals surface area contributed by atoms with E-state index in [2.05, 4.69) is 0 Å². The fourth-order valence-electron chi connectivity index (χ4n) is 1.68. The average molecular weight is 277 g/mol. The second kappa shape index (κ2) is 6.24. The van der Waals surface area contributed by atoms with E-state index in [4.69, 9.17) is 5.73 Å². The van der Waals surface area contributed by atoms with Crippen LogP contribution in [0.1, 0.15) is 18.4 Å². The second-order valence-electron chi connectivity index (χ2n) is 4.47. The Morgan fingerprint density at radius 3 is 2.56 bits per heavy atom. The zero-order valence-electron chi connectivity index (χ0n) is 10.2. The van der Waals surface area contributed by atoms with Crippen LogP contribution in [0.15, 0.2) is 18.2 Å². The molecule has 0 saturated carbocycles. The molecule has 0 fully saturated rings. The Labute approximate surface area is 106 Å². The summed E-state index contributed by atoms with van der Waals surface area (Å²) in [7, 11) is -2.99. The molecular weight excluding hydrogens is 260 g/mol. The highest BCUT2D eigenvalue weighted by Gasteiger charge is 2.10. The molecule has 0 radical (unpaired) electrons. The first-order valence-electron chi connectivity index (χ1n) is 5.65. The maximum Gasteiger partial charge on any atom is 0.147 e. The largest absolute Gasteiger partial charge is 0.327 e. The molecule has 2 N–H and O–H groups in total. The minimum absolute atomic E-state index is 0.0760. The molecule has 102 valence electrons. The van der Waals surface area contributed by atoms with E-state index in [-0.39, 0.29) is 18.2 Å². The van der Waals surface area contributed by atoms with Gasteiger partial charge in [0.05, 0.1) is 0 Å². The van der Waals surface area contributed by atoms with Gasteiger partial charge in [0.15, 0.2) is 0 Å². The lowest BCUT2D eigenvalue weighted by molar-refractivity contribution is 0.543. The molecule has 0 heterocycles. The van der Waals surface area contributed by atoms with Crippen LogP contribution >= 0.6 is 0 Å². The van der Waals surface area contributed by atoms with Crippen molar-refractivity contribution >= 4 is 9.84 Å². The molecule has 1 aromatic carbocycles. The lowest BCUT2D eigenvalue weighted by Crippen LogP contribution is -2.24. The smallest absolute Gasteiger partial charge is 0.147 e. The van der Waals surface area contributed by atoms with Gasteiger partial charge in [0, 0.05) is 24.1 Å². The molecule has 1 atom stereocenters.